The zero-order valence-electron chi connectivity index (χ0n) is 12.1. The van der Waals surface area contributed by atoms with Gasteiger partial charge in [0.15, 0.2) is 0 Å². The molecule has 0 bridgehead atoms. The van der Waals surface area contributed by atoms with E-state index in [0.717, 1.165) is 22.2 Å². The Morgan fingerprint density at radius 1 is 1.39 bits per heavy atom. The van der Waals surface area contributed by atoms with E-state index in [1.54, 1.807) is 6.08 Å². The van der Waals surface area contributed by atoms with Crippen LogP contribution in [0.2, 0.25) is 0 Å². The molecule has 6 nitrogen and oxygen atoms in total. The lowest BCUT2D eigenvalue weighted by Gasteiger charge is -2.18. The van der Waals surface area contributed by atoms with Crippen molar-refractivity contribution in [2.45, 2.75) is 13.0 Å². The Hall–Kier alpha value is -2.19. The number of carbonyl (C=O) groups is 3. The molecule has 1 fully saturated rings. The maximum Gasteiger partial charge on any atom is 0.266 e. The third-order valence-electron chi connectivity index (χ3n) is 3.00. The SMILES string of the molecule is C[C@@H](NC(=O)CN1C(=O)/C(=C/c2ccccc2)SC1=S)C(=O)[O-]. The third-order valence-corrected chi connectivity index (χ3v) is 4.38. The predicted octanol–water partition coefficient (Wildman–Crippen LogP) is 0.142. The molecule has 1 N–H and O–H groups in total. The lowest BCUT2D eigenvalue weighted by Crippen LogP contribution is -2.49. The molecule has 2 amide bonds. The number of aliphatic carboxylic acids is 1. The van der Waals surface area contributed by atoms with Gasteiger partial charge in [0.1, 0.15) is 10.9 Å². The molecule has 1 heterocycles. The quantitative estimate of drug-likeness (QED) is 0.601. The summed E-state index contributed by atoms with van der Waals surface area (Å²) in [6, 6.07) is 8.12. The van der Waals surface area contributed by atoms with Crippen LogP contribution in [-0.4, -0.2) is 39.6 Å². The zero-order valence-corrected chi connectivity index (χ0v) is 13.8. The number of benzene rings is 1. The van der Waals surface area contributed by atoms with E-state index >= 15 is 0 Å². The Kier molecular flexibility index (Phi) is 5.51. The van der Waals surface area contributed by atoms with Crippen LogP contribution in [0.4, 0.5) is 0 Å². The van der Waals surface area contributed by atoms with E-state index in [0.29, 0.717) is 4.91 Å². The van der Waals surface area contributed by atoms with E-state index in [4.69, 9.17) is 12.2 Å². The molecule has 0 aromatic heterocycles. The van der Waals surface area contributed by atoms with Crippen LogP contribution in [0.1, 0.15) is 12.5 Å². The lowest BCUT2D eigenvalue weighted by atomic mass is 10.2. The fourth-order valence-corrected chi connectivity index (χ4v) is 3.08. The van der Waals surface area contributed by atoms with Crippen molar-refractivity contribution >= 4 is 52.2 Å². The van der Waals surface area contributed by atoms with Crippen LogP contribution in [0, 0.1) is 0 Å². The first-order valence-corrected chi connectivity index (χ1v) is 7.91. The van der Waals surface area contributed by atoms with Crippen LogP contribution >= 0.6 is 24.0 Å². The number of amides is 2. The molecule has 1 aliphatic rings. The number of hydrogen-bond acceptors (Lipinski definition) is 6. The number of carbonyl (C=O) groups excluding carboxylic acids is 3. The first kappa shape index (κ1) is 17.2. The van der Waals surface area contributed by atoms with E-state index in [-0.39, 0.29) is 16.8 Å². The summed E-state index contributed by atoms with van der Waals surface area (Å²) in [5.41, 5.74) is 0.850. The van der Waals surface area contributed by atoms with E-state index in [9.17, 15) is 19.5 Å². The summed E-state index contributed by atoms with van der Waals surface area (Å²) in [5, 5.41) is 12.8. The molecule has 120 valence electrons. The van der Waals surface area contributed by atoms with Gasteiger partial charge in [-0.1, -0.05) is 54.3 Å². The highest BCUT2D eigenvalue weighted by Crippen LogP contribution is 2.32. The summed E-state index contributed by atoms with van der Waals surface area (Å²) in [4.78, 5) is 36.3. The summed E-state index contributed by atoms with van der Waals surface area (Å²) in [7, 11) is 0. The molecular weight excluding hydrogens is 336 g/mol. The molecule has 1 saturated heterocycles. The highest BCUT2D eigenvalue weighted by atomic mass is 32.2. The van der Waals surface area contributed by atoms with Gasteiger partial charge in [0.2, 0.25) is 5.91 Å². The first-order valence-electron chi connectivity index (χ1n) is 6.69. The molecule has 2 rings (SSSR count). The number of rotatable bonds is 5. The van der Waals surface area contributed by atoms with Crippen LogP contribution in [-0.2, 0) is 14.4 Å². The Labute approximate surface area is 142 Å². The molecule has 1 atom stereocenters. The van der Waals surface area contributed by atoms with Gasteiger partial charge >= 0.3 is 0 Å². The average Bonchev–Trinajstić information content (AvgIpc) is 2.75. The van der Waals surface area contributed by atoms with Gasteiger partial charge in [-0.3, -0.25) is 14.5 Å². The van der Waals surface area contributed by atoms with Gasteiger partial charge in [-0.15, -0.1) is 0 Å². The van der Waals surface area contributed by atoms with Crippen LogP contribution in [0.25, 0.3) is 6.08 Å². The van der Waals surface area contributed by atoms with Gasteiger partial charge in [0.05, 0.1) is 16.9 Å². The fraction of sp³-hybridized carbons (Fsp3) is 0.200. The summed E-state index contributed by atoms with van der Waals surface area (Å²) in [5.74, 6) is -2.38. The Morgan fingerprint density at radius 2 is 2.04 bits per heavy atom. The van der Waals surface area contributed by atoms with E-state index in [2.05, 4.69) is 5.32 Å². The van der Waals surface area contributed by atoms with Crippen LogP contribution < -0.4 is 10.4 Å². The van der Waals surface area contributed by atoms with Crippen molar-refractivity contribution in [3.05, 3.63) is 40.8 Å². The lowest BCUT2D eigenvalue weighted by molar-refractivity contribution is -0.307. The number of hydrogen-bond donors (Lipinski definition) is 1. The number of nitrogens with one attached hydrogen (secondary N) is 1. The minimum atomic E-state index is -1.40. The van der Waals surface area contributed by atoms with Crippen LogP contribution in [0.5, 0.6) is 0 Å². The maximum absolute atomic E-state index is 12.3. The van der Waals surface area contributed by atoms with Crippen molar-refractivity contribution in [2.75, 3.05) is 6.54 Å². The summed E-state index contributed by atoms with van der Waals surface area (Å²) in [6.07, 6.45) is 1.70. The number of nitrogens with zero attached hydrogens (tertiary/aromatic N) is 1. The fourth-order valence-electron chi connectivity index (χ4n) is 1.83. The number of thiocarbonyl (C=S) groups is 1. The second kappa shape index (κ2) is 7.38. The zero-order chi connectivity index (χ0) is 17.0. The smallest absolute Gasteiger partial charge is 0.266 e. The highest BCUT2D eigenvalue weighted by Gasteiger charge is 2.33. The summed E-state index contributed by atoms with van der Waals surface area (Å²) in [6.45, 7) is 0.960. The molecule has 0 spiro atoms. The molecule has 0 unspecified atom stereocenters. The Bertz CT molecular complexity index is 688. The van der Waals surface area contributed by atoms with Gasteiger partial charge in [-0.25, -0.2) is 0 Å². The second-order valence-electron chi connectivity index (χ2n) is 4.79. The molecule has 0 aliphatic carbocycles. The van der Waals surface area contributed by atoms with Crippen molar-refractivity contribution in [1.82, 2.24) is 10.2 Å². The van der Waals surface area contributed by atoms with Gasteiger partial charge < -0.3 is 15.2 Å². The maximum atomic E-state index is 12.3. The molecule has 8 heteroatoms. The molecule has 1 aliphatic heterocycles. The predicted molar refractivity (Wildman–Crippen MR) is 88.9 cm³/mol. The molecule has 23 heavy (non-hydrogen) atoms. The molecular formula is C15H13N2O4S2-. The molecule has 1 aromatic rings. The van der Waals surface area contributed by atoms with Crippen molar-refractivity contribution in [3.63, 3.8) is 0 Å². The molecule has 0 saturated carbocycles. The van der Waals surface area contributed by atoms with Crippen molar-refractivity contribution in [2.24, 2.45) is 0 Å². The normalized spacial score (nSPS) is 17.4. The Morgan fingerprint density at radius 3 is 2.65 bits per heavy atom. The van der Waals surface area contributed by atoms with Crippen molar-refractivity contribution in [1.29, 1.82) is 0 Å². The van der Waals surface area contributed by atoms with Crippen LogP contribution in [0.3, 0.4) is 0 Å². The average molecular weight is 349 g/mol. The van der Waals surface area contributed by atoms with E-state index in [1.807, 2.05) is 30.3 Å². The van der Waals surface area contributed by atoms with Gasteiger partial charge in [0, 0.05) is 0 Å². The monoisotopic (exact) mass is 349 g/mol. The topological polar surface area (TPSA) is 89.5 Å². The number of thioether (sulfide) groups is 1. The van der Waals surface area contributed by atoms with Crippen molar-refractivity contribution < 1.29 is 19.5 Å². The van der Waals surface area contributed by atoms with Gasteiger partial charge in [-0.2, -0.15) is 0 Å². The minimum absolute atomic E-state index is 0.258. The second-order valence-corrected chi connectivity index (χ2v) is 6.46. The number of carboxylic acids is 1. The van der Waals surface area contributed by atoms with E-state index in [1.165, 1.54) is 6.92 Å². The van der Waals surface area contributed by atoms with Gasteiger partial charge in [-0.05, 0) is 18.6 Å². The largest absolute Gasteiger partial charge is 0.548 e. The highest BCUT2D eigenvalue weighted by molar-refractivity contribution is 8.26. The van der Waals surface area contributed by atoms with Crippen LogP contribution in [0.15, 0.2) is 35.2 Å². The minimum Gasteiger partial charge on any atom is -0.548 e. The van der Waals surface area contributed by atoms with Crippen molar-refractivity contribution in [3.8, 4) is 0 Å². The third kappa shape index (κ3) is 4.40. The van der Waals surface area contributed by atoms with E-state index < -0.39 is 17.9 Å². The standard InChI is InChI=1S/C15H14N2O4S2/c1-9(14(20)21)16-12(18)8-17-13(19)11(23-15(17)22)7-10-5-3-2-4-6-10/h2-7,9H,8H2,1H3,(H,16,18)(H,20,21)/p-1/b11-7-/t9-/m1/s1. The Balaban J connectivity index is 2.06. The summed E-state index contributed by atoms with van der Waals surface area (Å²) >= 11 is 6.22. The molecule has 1 aromatic carbocycles. The number of carboxylic acid groups (broad SMARTS) is 1. The first-order chi connectivity index (χ1) is 10.9. The molecule has 0 radical (unpaired) electrons. The summed E-state index contributed by atoms with van der Waals surface area (Å²) < 4.78 is 0.258. The van der Waals surface area contributed by atoms with Gasteiger partial charge in [0.25, 0.3) is 5.91 Å².